The fourth-order valence-corrected chi connectivity index (χ4v) is 1.94. The van der Waals surface area contributed by atoms with Crippen LogP contribution in [-0.2, 0) is 6.18 Å². The summed E-state index contributed by atoms with van der Waals surface area (Å²) in [6, 6.07) is 9.11. The van der Waals surface area contributed by atoms with Crippen LogP contribution in [0.1, 0.15) is 5.56 Å². The smallest absolute Gasteiger partial charge is 0.363 e. The Morgan fingerprint density at radius 1 is 1.05 bits per heavy atom. The van der Waals surface area contributed by atoms with Crippen molar-refractivity contribution in [3.05, 3.63) is 46.4 Å². The maximum absolute atomic E-state index is 12.9. The Bertz CT molecular complexity index is 607. The summed E-state index contributed by atoms with van der Waals surface area (Å²) in [5, 5.41) is 0. The van der Waals surface area contributed by atoms with E-state index in [4.69, 9.17) is 0 Å². The Hall–Kier alpha value is -1.56. The summed E-state index contributed by atoms with van der Waals surface area (Å²) in [5.74, 6) is 0.276. The standard InChI is InChI=1S/C14H12BrF3N2/c1-20(2)13-8-10(14(16,17)18)7-12(19-13)9-3-5-11(15)6-4-9/h3-8H,1-2H3. The normalized spacial score (nSPS) is 11.5. The number of anilines is 1. The Morgan fingerprint density at radius 2 is 1.65 bits per heavy atom. The van der Waals surface area contributed by atoms with Crippen LogP contribution in [0.5, 0.6) is 0 Å². The Morgan fingerprint density at radius 3 is 2.15 bits per heavy atom. The molecule has 0 aliphatic heterocycles. The molecule has 0 saturated carbocycles. The first-order valence-corrected chi connectivity index (χ1v) is 6.59. The van der Waals surface area contributed by atoms with Crippen LogP contribution in [0.25, 0.3) is 11.3 Å². The lowest BCUT2D eigenvalue weighted by atomic mass is 10.1. The van der Waals surface area contributed by atoms with Crippen LogP contribution >= 0.6 is 15.9 Å². The minimum absolute atomic E-state index is 0.276. The van der Waals surface area contributed by atoms with Crippen molar-refractivity contribution in [1.82, 2.24) is 4.98 Å². The van der Waals surface area contributed by atoms with Crippen LogP contribution in [0.4, 0.5) is 19.0 Å². The van der Waals surface area contributed by atoms with Crippen molar-refractivity contribution in [1.29, 1.82) is 0 Å². The average Bonchev–Trinajstić information content (AvgIpc) is 2.38. The number of aromatic nitrogens is 1. The molecule has 0 aliphatic carbocycles. The molecule has 0 fully saturated rings. The molecule has 6 heteroatoms. The zero-order valence-electron chi connectivity index (χ0n) is 10.9. The number of halogens is 4. The fraction of sp³-hybridized carbons (Fsp3) is 0.214. The van der Waals surface area contributed by atoms with E-state index in [1.165, 1.54) is 0 Å². The van der Waals surface area contributed by atoms with Crippen LogP contribution in [-0.4, -0.2) is 19.1 Å². The molecule has 2 aromatic rings. The van der Waals surface area contributed by atoms with Crippen molar-refractivity contribution >= 4 is 21.7 Å². The van der Waals surface area contributed by atoms with Gasteiger partial charge in [-0.3, -0.25) is 0 Å². The third kappa shape index (κ3) is 3.30. The van der Waals surface area contributed by atoms with Gasteiger partial charge in [-0.1, -0.05) is 28.1 Å². The van der Waals surface area contributed by atoms with Crippen molar-refractivity contribution in [2.45, 2.75) is 6.18 Å². The van der Waals surface area contributed by atoms with Gasteiger partial charge in [0.15, 0.2) is 0 Å². The van der Waals surface area contributed by atoms with Gasteiger partial charge in [-0.25, -0.2) is 4.98 Å². The summed E-state index contributed by atoms with van der Waals surface area (Å²) in [6.45, 7) is 0. The zero-order chi connectivity index (χ0) is 14.9. The van der Waals surface area contributed by atoms with Gasteiger partial charge >= 0.3 is 6.18 Å². The Balaban J connectivity index is 2.57. The summed E-state index contributed by atoms with van der Waals surface area (Å²) < 4.78 is 39.7. The first-order valence-electron chi connectivity index (χ1n) is 5.80. The third-order valence-corrected chi connectivity index (χ3v) is 3.27. The number of hydrogen-bond donors (Lipinski definition) is 0. The molecule has 0 saturated heterocycles. The number of hydrogen-bond acceptors (Lipinski definition) is 2. The average molecular weight is 345 g/mol. The van der Waals surface area contributed by atoms with Crippen LogP contribution in [0, 0.1) is 0 Å². The van der Waals surface area contributed by atoms with Gasteiger partial charge in [-0.05, 0) is 24.3 Å². The van der Waals surface area contributed by atoms with Crippen molar-refractivity contribution in [2.75, 3.05) is 19.0 Å². The van der Waals surface area contributed by atoms with E-state index in [1.807, 2.05) is 0 Å². The van der Waals surface area contributed by atoms with E-state index in [2.05, 4.69) is 20.9 Å². The maximum Gasteiger partial charge on any atom is 0.416 e. The van der Waals surface area contributed by atoms with Crippen molar-refractivity contribution in [3.8, 4) is 11.3 Å². The molecule has 2 rings (SSSR count). The highest BCUT2D eigenvalue weighted by atomic mass is 79.9. The van der Waals surface area contributed by atoms with Gasteiger partial charge in [0.1, 0.15) is 5.82 Å². The Kier molecular flexibility index (Phi) is 4.04. The minimum Gasteiger partial charge on any atom is -0.363 e. The van der Waals surface area contributed by atoms with Gasteiger partial charge in [0.25, 0.3) is 0 Å². The molecular formula is C14H12BrF3N2. The van der Waals surface area contributed by atoms with E-state index in [-0.39, 0.29) is 5.82 Å². The molecule has 20 heavy (non-hydrogen) atoms. The third-order valence-electron chi connectivity index (χ3n) is 2.74. The van der Waals surface area contributed by atoms with Gasteiger partial charge in [-0.2, -0.15) is 13.2 Å². The van der Waals surface area contributed by atoms with Gasteiger partial charge in [0, 0.05) is 24.1 Å². The molecule has 0 radical (unpaired) electrons. The maximum atomic E-state index is 12.9. The molecule has 0 amide bonds. The predicted octanol–water partition coefficient (Wildman–Crippen LogP) is 4.60. The van der Waals surface area contributed by atoms with Gasteiger partial charge in [0.2, 0.25) is 0 Å². The van der Waals surface area contributed by atoms with E-state index in [9.17, 15) is 13.2 Å². The lowest BCUT2D eigenvalue weighted by molar-refractivity contribution is -0.137. The lowest BCUT2D eigenvalue weighted by Gasteiger charge is -2.16. The number of alkyl halides is 3. The molecule has 1 aromatic heterocycles. The monoisotopic (exact) mass is 344 g/mol. The SMILES string of the molecule is CN(C)c1cc(C(F)(F)F)cc(-c2ccc(Br)cc2)n1. The largest absolute Gasteiger partial charge is 0.416 e. The van der Waals surface area contributed by atoms with Crippen molar-refractivity contribution < 1.29 is 13.2 Å². The second-order valence-corrected chi connectivity index (χ2v) is 5.41. The summed E-state index contributed by atoms with van der Waals surface area (Å²) in [4.78, 5) is 5.81. The Labute approximate surface area is 123 Å². The number of benzene rings is 1. The van der Waals surface area contributed by atoms with Gasteiger partial charge in [0.05, 0.1) is 11.3 Å². The topological polar surface area (TPSA) is 16.1 Å². The van der Waals surface area contributed by atoms with Crippen LogP contribution < -0.4 is 4.90 Å². The minimum atomic E-state index is -4.39. The number of rotatable bonds is 2. The molecule has 0 unspecified atom stereocenters. The highest BCUT2D eigenvalue weighted by Gasteiger charge is 2.32. The molecule has 0 aliphatic rings. The fourth-order valence-electron chi connectivity index (χ4n) is 1.68. The number of nitrogens with zero attached hydrogens (tertiary/aromatic N) is 2. The molecular weight excluding hydrogens is 333 g/mol. The van der Waals surface area contributed by atoms with Crippen LogP contribution in [0.2, 0.25) is 0 Å². The van der Waals surface area contributed by atoms with Gasteiger partial charge in [-0.15, -0.1) is 0 Å². The molecule has 2 nitrogen and oxygen atoms in total. The van der Waals surface area contributed by atoms with Gasteiger partial charge < -0.3 is 4.90 Å². The summed E-state index contributed by atoms with van der Waals surface area (Å²) in [5.41, 5.74) is 0.243. The molecule has 1 heterocycles. The van der Waals surface area contributed by atoms with Crippen LogP contribution in [0.3, 0.4) is 0 Å². The molecule has 0 atom stereocenters. The lowest BCUT2D eigenvalue weighted by Crippen LogP contribution is -2.14. The highest BCUT2D eigenvalue weighted by molar-refractivity contribution is 9.10. The molecule has 106 valence electrons. The zero-order valence-corrected chi connectivity index (χ0v) is 12.5. The second-order valence-electron chi connectivity index (χ2n) is 4.50. The predicted molar refractivity (Wildman–Crippen MR) is 76.7 cm³/mol. The first-order chi connectivity index (χ1) is 9.27. The van der Waals surface area contributed by atoms with Crippen LogP contribution in [0.15, 0.2) is 40.9 Å². The molecule has 0 N–H and O–H groups in total. The molecule has 1 aromatic carbocycles. The summed E-state index contributed by atoms with van der Waals surface area (Å²) in [6.07, 6.45) is -4.39. The van der Waals surface area contributed by atoms with E-state index in [0.717, 1.165) is 16.6 Å². The van der Waals surface area contributed by atoms with E-state index >= 15 is 0 Å². The van der Waals surface area contributed by atoms with Crippen molar-refractivity contribution in [2.24, 2.45) is 0 Å². The second kappa shape index (κ2) is 5.44. The van der Waals surface area contributed by atoms with E-state index < -0.39 is 11.7 Å². The summed E-state index contributed by atoms with van der Waals surface area (Å²) >= 11 is 3.29. The van der Waals surface area contributed by atoms with Crippen molar-refractivity contribution in [3.63, 3.8) is 0 Å². The van der Waals surface area contributed by atoms with E-state index in [0.29, 0.717) is 11.3 Å². The first kappa shape index (κ1) is 14.8. The summed E-state index contributed by atoms with van der Waals surface area (Å²) in [7, 11) is 3.32. The number of pyridine rings is 1. The highest BCUT2D eigenvalue weighted by Crippen LogP contribution is 2.34. The molecule has 0 spiro atoms. The quantitative estimate of drug-likeness (QED) is 0.791. The van der Waals surface area contributed by atoms with E-state index in [1.54, 1.807) is 43.3 Å². The molecule has 0 bridgehead atoms.